The lowest BCUT2D eigenvalue weighted by atomic mass is 10.1. The molecule has 0 saturated heterocycles. The minimum absolute atomic E-state index is 0.253. The van der Waals surface area contributed by atoms with E-state index in [1.165, 1.54) is 7.11 Å². The molecule has 0 bridgehead atoms. The van der Waals surface area contributed by atoms with E-state index in [4.69, 9.17) is 0 Å². The van der Waals surface area contributed by atoms with E-state index < -0.39 is 0 Å². The lowest BCUT2D eigenvalue weighted by molar-refractivity contribution is -0.136. The van der Waals surface area contributed by atoms with Crippen LogP contribution < -0.4 is 0 Å². The van der Waals surface area contributed by atoms with Gasteiger partial charge in [-0.05, 0) is 12.5 Å². The molecule has 0 aliphatic heterocycles. The van der Waals surface area contributed by atoms with Gasteiger partial charge in [0.15, 0.2) is 0 Å². The number of carbonyl (C=O) groups excluding carboxylic acids is 1. The second kappa shape index (κ2) is 5.22. The van der Waals surface area contributed by atoms with E-state index in [2.05, 4.69) is 4.74 Å². The van der Waals surface area contributed by atoms with Crippen molar-refractivity contribution in [3.63, 3.8) is 0 Å². The van der Waals surface area contributed by atoms with Crippen LogP contribution in [0.1, 0.15) is 12.5 Å². The fourth-order valence-electron chi connectivity index (χ4n) is 1.24. The van der Waals surface area contributed by atoms with Gasteiger partial charge in [0.25, 0.3) is 0 Å². The zero-order chi connectivity index (χ0) is 10.4. The highest BCUT2D eigenvalue weighted by Crippen LogP contribution is 2.08. The van der Waals surface area contributed by atoms with Crippen LogP contribution in [0.2, 0.25) is 0 Å². The van der Waals surface area contributed by atoms with E-state index in [-0.39, 0.29) is 5.97 Å². The lowest BCUT2D eigenvalue weighted by Crippen LogP contribution is -2.06. The summed E-state index contributed by atoms with van der Waals surface area (Å²) in [4.78, 5) is 11.3. The molecule has 1 aromatic carbocycles. The molecule has 0 aliphatic carbocycles. The maximum atomic E-state index is 11.3. The van der Waals surface area contributed by atoms with Crippen molar-refractivity contribution in [2.24, 2.45) is 0 Å². The lowest BCUT2D eigenvalue weighted by Gasteiger charge is -2.04. The van der Waals surface area contributed by atoms with Crippen molar-refractivity contribution in [2.75, 3.05) is 7.11 Å². The van der Waals surface area contributed by atoms with E-state index in [0.717, 1.165) is 5.56 Å². The fraction of sp³-hybridized carbons (Fsp3) is 0.250. The van der Waals surface area contributed by atoms with Crippen molar-refractivity contribution in [3.05, 3.63) is 47.5 Å². The van der Waals surface area contributed by atoms with Crippen molar-refractivity contribution < 1.29 is 9.53 Å². The third kappa shape index (κ3) is 2.73. The standard InChI is InChI=1S/C12H14O2/c1-3-11(12(13)14-2)9-10-7-5-4-6-8-10/h3-8H,9H2,1-2H3/b11-3+. The monoisotopic (exact) mass is 190 g/mol. The van der Waals surface area contributed by atoms with Gasteiger partial charge in [-0.3, -0.25) is 0 Å². The zero-order valence-electron chi connectivity index (χ0n) is 8.49. The topological polar surface area (TPSA) is 26.3 Å². The molecule has 0 N–H and O–H groups in total. The van der Waals surface area contributed by atoms with Crippen molar-refractivity contribution in [3.8, 4) is 0 Å². The molecule has 0 unspecified atom stereocenters. The summed E-state index contributed by atoms with van der Waals surface area (Å²) in [6.07, 6.45) is 2.42. The largest absolute Gasteiger partial charge is 0.466 e. The van der Waals surface area contributed by atoms with E-state index in [1.54, 1.807) is 6.08 Å². The predicted molar refractivity (Wildman–Crippen MR) is 55.9 cm³/mol. The minimum Gasteiger partial charge on any atom is -0.466 e. The molecule has 2 heteroatoms. The third-order valence-corrected chi connectivity index (χ3v) is 2.03. The van der Waals surface area contributed by atoms with Gasteiger partial charge in [-0.2, -0.15) is 0 Å². The Morgan fingerprint density at radius 3 is 2.50 bits per heavy atom. The second-order valence-corrected chi connectivity index (χ2v) is 2.97. The van der Waals surface area contributed by atoms with E-state index in [0.29, 0.717) is 12.0 Å². The number of hydrogen-bond acceptors (Lipinski definition) is 2. The summed E-state index contributed by atoms with van der Waals surface area (Å²) in [5.74, 6) is -0.253. The van der Waals surface area contributed by atoms with Crippen LogP contribution in [0.15, 0.2) is 42.0 Å². The Kier molecular flexibility index (Phi) is 3.92. The minimum atomic E-state index is -0.253. The molecule has 14 heavy (non-hydrogen) atoms. The van der Waals surface area contributed by atoms with Crippen LogP contribution in [-0.4, -0.2) is 13.1 Å². The van der Waals surface area contributed by atoms with Gasteiger partial charge in [-0.15, -0.1) is 0 Å². The van der Waals surface area contributed by atoms with Gasteiger partial charge in [-0.1, -0.05) is 36.4 Å². The van der Waals surface area contributed by atoms with Crippen LogP contribution in [0.3, 0.4) is 0 Å². The number of allylic oxidation sites excluding steroid dienone is 1. The van der Waals surface area contributed by atoms with Gasteiger partial charge in [0.2, 0.25) is 0 Å². The normalized spacial score (nSPS) is 11.1. The number of carbonyl (C=O) groups is 1. The highest BCUT2D eigenvalue weighted by Gasteiger charge is 2.08. The number of esters is 1. The van der Waals surface area contributed by atoms with Gasteiger partial charge in [0.05, 0.1) is 7.11 Å². The Labute approximate surface area is 84.2 Å². The molecule has 2 nitrogen and oxygen atoms in total. The molecule has 74 valence electrons. The molecule has 0 fully saturated rings. The molecule has 1 aromatic rings. The van der Waals surface area contributed by atoms with Crippen LogP contribution in [0.25, 0.3) is 0 Å². The zero-order valence-corrected chi connectivity index (χ0v) is 8.49. The highest BCUT2D eigenvalue weighted by molar-refractivity contribution is 5.88. The van der Waals surface area contributed by atoms with Gasteiger partial charge in [-0.25, -0.2) is 4.79 Å². The third-order valence-electron chi connectivity index (χ3n) is 2.03. The SMILES string of the molecule is C/C=C(\Cc1ccccc1)C(=O)OC. The van der Waals surface area contributed by atoms with Crippen molar-refractivity contribution in [2.45, 2.75) is 13.3 Å². The van der Waals surface area contributed by atoms with Gasteiger partial charge in [0.1, 0.15) is 0 Å². The van der Waals surface area contributed by atoms with Crippen molar-refractivity contribution >= 4 is 5.97 Å². The predicted octanol–water partition coefficient (Wildman–Crippen LogP) is 2.35. The van der Waals surface area contributed by atoms with E-state index >= 15 is 0 Å². The maximum absolute atomic E-state index is 11.3. The first-order valence-electron chi connectivity index (χ1n) is 4.55. The smallest absolute Gasteiger partial charge is 0.333 e. The average molecular weight is 190 g/mol. The molecule has 0 heterocycles. The molecule has 0 amide bonds. The summed E-state index contributed by atoms with van der Waals surface area (Å²) in [7, 11) is 1.40. The van der Waals surface area contributed by atoms with Gasteiger partial charge in [0, 0.05) is 12.0 Å². The molecular weight excluding hydrogens is 176 g/mol. The van der Waals surface area contributed by atoms with E-state index in [9.17, 15) is 4.79 Å². The summed E-state index contributed by atoms with van der Waals surface area (Å²) >= 11 is 0. The summed E-state index contributed by atoms with van der Waals surface area (Å²) < 4.78 is 4.67. The first-order valence-corrected chi connectivity index (χ1v) is 4.55. The fourth-order valence-corrected chi connectivity index (χ4v) is 1.24. The Morgan fingerprint density at radius 1 is 1.36 bits per heavy atom. The molecular formula is C12H14O2. The second-order valence-electron chi connectivity index (χ2n) is 2.97. The molecule has 0 saturated carbocycles. The van der Waals surface area contributed by atoms with E-state index in [1.807, 2.05) is 37.3 Å². The first kappa shape index (κ1) is 10.5. The summed E-state index contributed by atoms with van der Waals surface area (Å²) in [6, 6.07) is 9.86. The van der Waals surface area contributed by atoms with Crippen LogP contribution in [0, 0.1) is 0 Å². The summed E-state index contributed by atoms with van der Waals surface area (Å²) in [5.41, 5.74) is 1.81. The van der Waals surface area contributed by atoms with Gasteiger partial charge >= 0.3 is 5.97 Å². The number of ether oxygens (including phenoxy) is 1. The molecule has 0 spiro atoms. The Hall–Kier alpha value is -1.57. The van der Waals surface area contributed by atoms with Crippen LogP contribution in [0.5, 0.6) is 0 Å². The Balaban J connectivity index is 2.73. The van der Waals surface area contributed by atoms with Crippen molar-refractivity contribution in [1.82, 2.24) is 0 Å². The number of rotatable bonds is 3. The van der Waals surface area contributed by atoms with Crippen molar-refractivity contribution in [1.29, 1.82) is 0 Å². The molecule has 1 rings (SSSR count). The number of benzene rings is 1. The number of methoxy groups -OCH3 is 1. The summed E-state index contributed by atoms with van der Waals surface area (Å²) in [6.45, 7) is 1.84. The number of hydrogen-bond donors (Lipinski definition) is 0. The maximum Gasteiger partial charge on any atom is 0.333 e. The Morgan fingerprint density at radius 2 is 2.00 bits per heavy atom. The van der Waals surface area contributed by atoms with Crippen LogP contribution in [0.4, 0.5) is 0 Å². The first-order chi connectivity index (χ1) is 6.77. The molecule has 0 radical (unpaired) electrons. The van der Waals surface area contributed by atoms with Crippen LogP contribution >= 0.6 is 0 Å². The molecule has 0 aromatic heterocycles. The molecule has 0 atom stereocenters. The van der Waals surface area contributed by atoms with Gasteiger partial charge < -0.3 is 4.74 Å². The summed E-state index contributed by atoms with van der Waals surface area (Å²) in [5, 5.41) is 0. The highest BCUT2D eigenvalue weighted by atomic mass is 16.5. The van der Waals surface area contributed by atoms with Crippen LogP contribution in [-0.2, 0) is 16.0 Å². The quantitative estimate of drug-likeness (QED) is 0.540. The average Bonchev–Trinajstić information content (AvgIpc) is 2.26. The molecule has 0 aliphatic rings. The Bertz CT molecular complexity index is 325.